The summed E-state index contributed by atoms with van der Waals surface area (Å²) in [5.41, 5.74) is 0.999. The highest BCUT2D eigenvalue weighted by Crippen LogP contribution is 2.34. The minimum atomic E-state index is -0.275. The van der Waals surface area contributed by atoms with Gasteiger partial charge in [0.05, 0.1) is 17.9 Å². The molecule has 4 nitrogen and oxygen atoms in total. The molecule has 1 aromatic rings. The molecule has 1 saturated carbocycles. The Labute approximate surface area is 122 Å². The Morgan fingerprint density at radius 1 is 1.45 bits per heavy atom. The van der Waals surface area contributed by atoms with E-state index in [9.17, 15) is 5.11 Å². The van der Waals surface area contributed by atoms with Gasteiger partial charge in [0.15, 0.2) is 0 Å². The number of aliphatic hydroxyl groups is 1. The van der Waals surface area contributed by atoms with Gasteiger partial charge in [0.25, 0.3) is 0 Å². The maximum Gasteiger partial charge on any atom is 0.0650 e. The van der Waals surface area contributed by atoms with E-state index in [1.807, 2.05) is 23.9 Å². The fraction of sp³-hybridized carbons (Fsp3) is 0.812. The summed E-state index contributed by atoms with van der Waals surface area (Å²) < 4.78 is 7.55. The van der Waals surface area contributed by atoms with Gasteiger partial charge in [0.2, 0.25) is 0 Å². The SMILES string of the molecule is CCOC1CC(CC(O)Cc2ccn(C(C)CC)n2)C1. The quantitative estimate of drug-likeness (QED) is 0.796. The summed E-state index contributed by atoms with van der Waals surface area (Å²) in [7, 11) is 0. The van der Waals surface area contributed by atoms with Crippen molar-refractivity contribution >= 4 is 0 Å². The summed E-state index contributed by atoms with van der Waals surface area (Å²) in [4.78, 5) is 0. The number of hydrogen-bond acceptors (Lipinski definition) is 3. The van der Waals surface area contributed by atoms with Crippen LogP contribution in [0.4, 0.5) is 0 Å². The van der Waals surface area contributed by atoms with E-state index in [1.165, 1.54) is 0 Å². The molecule has 0 aliphatic heterocycles. The number of hydrogen-bond donors (Lipinski definition) is 1. The highest BCUT2D eigenvalue weighted by Gasteiger charge is 2.31. The van der Waals surface area contributed by atoms with E-state index in [-0.39, 0.29) is 6.10 Å². The fourth-order valence-electron chi connectivity index (χ4n) is 2.87. The van der Waals surface area contributed by atoms with Gasteiger partial charge in [-0.1, -0.05) is 6.92 Å². The molecule has 1 aromatic heterocycles. The molecule has 1 heterocycles. The summed E-state index contributed by atoms with van der Waals surface area (Å²) in [5.74, 6) is 0.623. The van der Waals surface area contributed by atoms with Crippen molar-refractivity contribution in [2.24, 2.45) is 5.92 Å². The maximum atomic E-state index is 10.2. The van der Waals surface area contributed by atoms with E-state index in [0.717, 1.165) is 38.0 Å². The van der Waals surface area contributed by atoms with Crippen molar-refractivity contribution in [3.05, 3.63) is 18.0 Å². The molecule has 0 amide bonds. The van der Waals surface area contributed by atoms with Gasteiger partial charge >= 0.3 is 0 Å². The van der Waals surface area contributed by atoms with Gasteiger partial charge in [0, 0.05) is 25.3 Å². The average Bonchev–Trinajstić information content (AvgIpc) is 2.83. The van der Waals surface area contributed by atoms with Gasteiger partial charge in [-0.15, -0.1) is 0 Å². The third-order valence-corrected chi connectivity index (χ3v) is 4.35. The fourth-order valence-corrected chi connectivity index (χ4v) is 2.87. The van der Waals surface area contributed by atoms with Crippen LogP contribution in [0.25, 0.3) is 0 Å². The molecule has 0 spiro atoms. The van der Waals surface area contributed by atoms with Crippen LogP contribution in [0.5, 0.6) is 0 Å². The van der Waals surface area contributed by atoms with Crippen molar-refractivity contribution in [2.75, 3.05) is 6.61 Å². The molecule has 2 atom stereocenters. The molecule has 114 valence electrons. The molecule has 1 aliphatic rings. The zero-order valence-corrected chi connectivity index (χ0v) is 13.0. The van der Waals surface area contributed by atoms with Crippen LogP contribution in [0.2, 0.25) is 0 Å². The summed E-state index contributed by atoms with van der Waals surface area (Å²) in [6.07, 6.45) is 7.00. The van der Waals surface area contributed by atoms with Crippen LogP contribution in [0.3, 0.4) is 0 Å². The molecular formula is C16H28N2O2. The largest absolute Gasteiger partial charge is 0.393 e. The van der Waals surface area contributed by atoms with Crippen LogP contribution in [0.15, 0.2) is 12.3 Å². The van der Waals surface area contributed by atoms with Crippen molar-refractivity contribution in [1.82, 2.24) is 9.78 Å². The van der Waals surface area contributed by atoms with Crippen LogP contribution in [0, 0.1) is 5.92 Å². The molecular weight excluding hydrogens is 252 g/mol. The van der Waals surface area contributed by atoms with E-state index in [1.54, 1.807) is 0 Å². The molecule has 2 unspecified atom stereocenters. The lowest BCUT2D eigenvalue weighted by Gasteiger charge is -2.36. The number of aliphatic hydroxyl groups excluding tert-OH is 1. The van der Waals surface area contributed by atoms with Crippen LogP contribution in [-0.2, 0) is 11.2 Å². The first-order chi connectivity index (χ1) is 9.62. The second kappa shape index (κ2) is 7.23. The minimum Gasteiger partial charge on any atom is -0.393 e. The van der Waals surface area contributed by atoms with Crippen molar-refractivity contribution in [3.63, 3.8) is 0 Å². The zero-order chi connectivity index (χ0) is 14.5. The van der Waals surface area contributed by atoms with Gasteiger partial charge in [-0.25, -0.2) is 0 Å². The monoisotopic (exact) mass is 280 g/mol. The normalized spacial score (nSPS) is 25.2. The molecule has 1 N–H and O–H groups in total. The van der Waals surface area contributed by atoms with E-state index in [4.69, 9.17) is 4.74 Å². The summed E-state index contributed by atoms with van der Waals surface area (Å²) in [5, 5.41) is 14.7. The van der Waals surface area contributed by atoms with Crippen LogP contribution in [-0.4, -0.2) is 33.7 Å². The minimum absolute atomic E-state index is 0.275. The van der Waals surface area contributed by atoms with Crippen LogP contribution < -0.4 is 0 Å². The predicted octanol–water partition coefficient (Wildman–Crippen LogP) is 2.96. The molecule has 0 saturated heterocycles. The molecule has 0 bridgehead atoms. The summed E-state index contributed by atoms with van der Waals surface area (Å²) in [6.45, 7) is 7.16. The molecule has 1 fully saturated rings. The first-order valence-electron chi connectivity index (χ1n) is 7.96. The van der Waals surface area contributed by atoms with Crippen molar-refractivity contribution < 1.29 is 9.84 Å². The summed E-state index contributed by atoms with van der Waals surface area (Å²) in [6, 6.07) is 2.46. The van der Waals surface area contributed by atoms with Gasteiger partial charge in [-0.3, -0.25) is 4.68 Å². The molecule has 4 heteroatoms. The van der Waals surface area contributed by atoms with E-state index < -0.39 is 0 Å². The average molecular weight is 280 g/mol. The summed E-state index contributed by atoms with van der Waals surface area (Å²) >= 11 is 0. The molecule has 0 radical (unpaired) electrons. The Kier molecular flexibility index (Phi) is 5.61. The second-order valence-electron chi connectivity index (χ2n) is 6.05. The van der Waals surface area contributed by atoms with E-state index in [2.05, 4.69) is 18.9 Å². The highest BCUT2D eigenvalue weighted by atomic mass is 16.5. The molecule has 2 rings (SSSR count). The lowest BCUT2D eigenvalue weighted by atomic mass is 9.78. The third-order valence-electron chi connectivity index (χ3n) is 4.35. The molecule has 20 heavy (non-hydrogen) atoms. The number of nitrogens with zero attached hydrogens (tertiary/aromatic N) is 2. The maximum absolute atomic E-state index is 10.2. The van der Waals surface area contributed by atoms with Gasteiger partial charge in [0.1, 0.15) is 0 Å². The Balaban J connectivity index is 1.72. The second-order valence-corrected chi connectivity index (χ2v) is 6.05. The van der Waals surface area contributed by atoms with Crippen LogP contribution in [0.1, 0.15) is 58.2 Å². The predicted molar refractivity (Wildman–Crippen MR) is 79.7 cm³/mol. The molecule has 1 aliphatic carbocycles. The highest BCUT2D eigenvalue weighted by molar-refractivity contribution is 5.01. The van der Waals surface area contributed by atoms with Crippen molar-refractivity contribution in [3.8, 4) is 0 Å². The first-order valence-corrected chi connectivity index (χ1v) is 7.96. The van der Waals surface area contributed by atoms with Crippen molar-refractivity contribution in [2.45, 2.75) is 71.1 Å². The van der Waals surface area contributed by atoms with E-state index in [0.29, 0.717) is 24.5 Å². The number of aromatic nitrogens is 2. The van der Waals surface area contributed by atoms with Gasteiger partial charge < -0.3 is 9.84 Å². The van der Waals surface area contributed by atoms with E-state index >= 15 is 0 Å². The first kappa shape index (κ1) is 15.5. The van der Waals surface area contributed by atoms with Gasteiger partial charge in [-0.05, 0) is 51.5 Å². The smallest absolute Gasteiger partial charge is 0.0650 e. The Morgan fingerprint density at radius 3 is 2.85 bits per heavy atom. The lowest BCUT2D eigenvalue weighted by molar-refractivity contribution is -0.0376. The standard InChI is InChI=1S/C16H28N2O2/c1-4-12(3)18-7-6-14(17-18)11-15(19)8-13-9-16(10-13)20-5-2/h6-7,12-13,15-16,19H,4-5,8-11H2,1-3H3. The topological polar surface area (TPSA) is 47.3 Å². The Morgan fingerprint density at radius 2 is 2.20 bits per heavy atom. The van der Waals surface area contributed by atoms with Gasteiger partial charge in [-0.2, -0.15) is 5.10 Å². The Bertz CT molecular complexity index is 399. The van der Waals surface area contributed by atoms with Crippen molar-refractivity contribution in [1.29, 1.82) is 0 Å². The molecule has 0 aromatic carbocycles. The van der Waals surface area contributed by atoms with Crippen LogP contribution >= 0.6 is 0 Å². The lowest BCUT2D eigenvalue weighted by Crippen LogP contribution is -2.34. The number of ether oxygens (including phenoxy) is 1. The Hall–Kier alpha value is -0.870. The zero-order valence-electron chi connectivity index (χ0n) is 13.0. The number of rotatable bonds is 8. The third kappa shape index (κ3) is 4.06.